The molecule has 2 fully saturated rings. The van der Waals surface area contributed by atoms with Gasteiger partial charge in [-0.2, -0.15) is 5.26 Å². The number of rotatable bonds is 2. The zero-order valence-electron chi connectivity index (χ0n) is 10.7. The van der Waals surface area contributed by atoms with Crippen molar-refractivity contribution in [3.63, 3.8) is 0 Å². The molecule has 1 saturated heterocycles. The van der Waals surface area contributed by atoms with Crippen LogP contribution in [0.5, 0.6) is 0 Å². The maximum atomic E-state index is 9.61. The van der Waals surface area contributed by atoms with Crippen LogP contribution in [0.4, 0.5) is 0 Å². The van der Waals surface area contributed by atoms with Gasteiger partial charge >= 0.3 is 0 Å². The van der Waals surface area contributed by atoms with Gasteiger partial charge < -0.3 is 0 Å². The molecule has 90 valence electrons. The molecule has 0 amide bonds. The Morgan fingerprint density at radius 2 is 1.94 bits per heavy atom. The molecule has 0 N–H and O–H groups in total. The van der Waals surface area contributed by atoms with E-state index in [-0.39, 0.29) is 5.54 Å². The van der Waals surface area contributed by atoms with Crippen LogP contribution in [0.2, 0.25) is 0 Å². The molecular weight excluding hydrogens is 196 g/mol. The molecule has 2 nitrogen and oxygen atoms in total. The molecule has 0 spiro atoms. The molecule has 2 aliphatic rings. The van der Waals surface area contributed by atoms with Gasteiger partial charge in [-0.25, -0.2) is 0 Å². The van der Waals surface area contributed by atoms with E-state index in [1.165, 1.54) is 25.7 Å². The van der Waals surface area contributed by atoms with E-state index < -0.39 is 0 Å². The molecule has 0 radical (unpaired) electrons. The van der Waals surface area contributed by atoms with E-state index in [0.717, 1.165) is 37.8 Å². The SMILES string of the molecule is CC(C)C1CCCC(C#N)(N2CCCC2)C1. The first kappa shape index (κ1) is 11.9. The highest BCUT2D eigenvalue weighted by Gasteiger charge is 2.42. The molecule has 0 aromatic heterocycles. The van der Waals surface area contributed by atoms with Gasteiger partial charge in [-0.1, -0.05) is 20.3 Å². The normalized spacial score (nSPS) is 36.5. The molecule has 2 atom stereocenters. The second-order valence-electron chi connectivity index (χ2n) is 5.94. The predicted molar refractivity (Wildman–Crippen MR) is 65.9 cm³/mol. The van der Waals surface area contributed by atoms with Gasteiger partial charge in [0, 0.05) is 0 Å². The Balaban J connectivity index is 2.11. The van der Waals surface area contributed by atoms with Gasteiger partial charge in [0.05, 0.1) is 6.07 Å². The summed E-state index contributed by atoms with van der Waals surface area (Å²) in [5.41, 5.74) is -0.107. The van der Waals surface area contributed by atoms with Crippen molar-refractivity contribution in [2.45, 2.75) is 57.9 Å². The van der Waals surface area contributed by atoms with E-state index in [0.29, 0.717) is 0 Å². The third kappa shape index (κ3) is 2.11. The van der Waals surface area contributed by atoms with Gasteiger partial charge in [0.15, 0.2) is 0 Å². The molecule has 1 saturated carbocycles. The van der Waals surface area contributed by atoms with Crippen LogP contribution in [0.3, 0.4) is 0 Å². The van der Waals surface area contributed by atoms with Crippen LogP contribution in [0.25, 0.3) is 0 Å². The highest BCUT2D eigenvalue weighted by molar-refractivity contribution is 5.12. The third-order valence-corrected chi connectivity index (χ3v) is 4.63. The maximum Gasteiger partial charge on any atom is 0.109 e. The van der Waals surface area contributed by atoms with Crippen LogP contribution in [0, 0.1) is 23.2 Å². The molecule has 0 aromatic carbocycles. The standard InChI is InChI=1S/C14H24N2/c1-12(2)13-6-5-7-14(10-13,11-15)16-8-3-4-9-16/h12-13H,3-10H2,1-2H3. The molecular formula is C14H24N2. The first-order valence-electron chi connectivity index (χ1n) is 6.84. The average molecular weight is 220 g/mol. The van der Waals surface area contributed by atoms with Crippen molar-refractivity contribution in [3.8, 4) is 6.07 Å². The molecule has 2 heteroatoms. The molecule has 16 heavy (non-hydrogen) atoms. The lowest BCUT2D eigenvalue weighted by Gasteiger charge is -2.43. The molecule has 1 aliphatic carbocycles. The number of likely N-dealkylation sites (tertiary alicyclic amines) is 1. The van der Waals surface area contributed by atoms with Crippen LogP contribution in [-0.2, 0) is 0 Å². The van der Waals surface area contributed by atoms with Crippen LogP contribution in [0.1, 0.15) is 52.4 Å². The van der Waals surface area contributed by atoms with E-state index in [1.807, 2.05) is 0 Å². The second kappa shape index (κ2) is 4.75. The van der Waals surface area contributed by atoms with E-state index in [2.05, 4.69) is 24.8 Å². The topological polar surface area (TPSA) is 27.0 Å². The lowest BCUT2D eigenvalue weighted by molar-refractivity contribution is 0.0817. The van der Waals surface area contributed by atoms with E-state index in [9.17, 15) is 5.26 Å². The molecule has 2 unspecified atom stereocenters. The quantitative estimate of drug-likeness (QED) is 0.714. The minimum Gasteiger partial charge on any atom is -0.286 e. The lowest BCUT2D eigenvalue weighted by atomic mass is 9.71. The minimum atomic E-state index is -0.107. The fourth-order valence-electron chi connectivity index (χ4n) is 3.47. The summed E-state index contributed by atoms with van der Waals surface area (Å²) in [7, 11) is 0. The average Bonchev–Trinajstić information content (AvgIpc) is 2.83. The number of nitriles is 1. The zero-order chi connectivity index (χ0) is 11.6. The first-order chi connectivity index (χ1) is 7.68. The molecule has 0 aromatic rings. The van der Waals surface area contributed by atoms with E-state index >= 15 is 0 Å². The summed E-state index contributed by atoms with van der Waals surface area (Å²) in [6, 6.07) is 2.67. The van der Waals surface area contributed by atoms with Crippen LogP contribution in [-0.4, -0.2) is 23.5 Å². The summed E-state index contributed by atoms with van der Waals surface area (Å²) in [6.07, 6.45) is 7.36. The number of hydrogen-bond donors (Lipinski definition) is 0. The van der Waals surface area contributed by atoms with Gasteiger partial charge in [-0.05, 0) is 57.0 Å². The molecule has 1 aliphatic heterocycles. The smallest absolute Gasteiger partial charge is 0.109 e. The summed E-state index contributed by atoms with van der Waals surface area (Å²) < 4.78 is 0. The Hall–Kier alpha value is -0.550. The van der Waals surface area contributed by atoms with Crippen molar-refractivity contribution in [1.29, 1.82) is 5.26 Å². The number of hydrogen-bond acceptors (Lipinski definition) is 2. The predicted octanol–water partition coefficient (Wildman–Crippen LogP) is 3.19. The first-order valence-corrected chi connectivity index (χ1v) is 6.84. The highest BCUT2D eigenvalue weighted by Crippen LogP contribution is 2.40. The molecule has 0 bridgehead atoms. The summed E-state index contributed by atoms with van der Waals surface area (Å²) in [6.45, 7) is 6.92. The van der Waals surface area contributed by atoms with Crippen molar-refractivity contribution in [3.05, 3.63) is 0 Å². The van der Waals surface area contributed by atoms with Crippen molar-refractivity contribution in [1.82, 2.24) is 4.90 Å². The Kier molecular flexibility index (Phi) is 3.54. The van der Waals surface area contributed by atoms with Crippen molar-refractivity contribution in [2.24, 2.45) is 11.8 Å². The van der Waals surface area contributed by atoms with E-state index in [4.69, 9.17) is 0 Å². The third-order valence-electron chi connectivity index (χ3n) is 4.63. The summed E-state index contributed by atoms with van der Waals surface area (Å²) in [5.74, 6) is 1.49. The van der Waals surface area contributed by atoms with Crippen molar-refractivity contribution >= 4 is 0 Å². The Bertz CT molecular complexity index is 273. The minimum absolute atomic E-state index is 0.107. The fourth-order valence-corrected chi connectivity index (χ4v) is 3.47. The molecule has 2 rings (SSSR count). The fraction of sp³-hybridized carbons (Fsp3) is 0.929. The van der Waals surface area contributed by atoms with Crippen molar-refractivity contribution in [2.75, 3.05) is 13.1 Å². The monoisotopic (exact) mass is 220 g/mol. The maximum absolute atomic E-state index is 9.61. The van der Waals surface area contributed by atoms with Crippen molar-refractivity contribution < 1.29 is 0 Å². The van der Waals surface area contributed by atoms with Gasteiger partial charge in [0.25, 0.3) is 0 Å². The molecule has 1 heterocycles. The summed E-state index contributed by atoms with van der Waals surface area (Å²) >= 11 is 0. The van der Waals surface area contributed by atoms with Gasteiger partial charge in [0.2, 0.25) is 0 Å². The Morgan fingerprint density at radius 3 is 2.50 bits per heavy atom. The number of nitrogens with zero attached hydrogens (tertiary/aromatic N) is 2. The van der Waals surface area contributed by atoms with Gasteiger partial charge in [-0.3, -0.25) is 4.90 Å². The largest absolute Gasteiger partial charge is 0.286 e. The Labute approximate surface area is 99.6 Å². The summed E-state index contributed by atoms with van der Waals surface area (Å²) in [5, 5.41) is 9.61. The summed E-state index contributed by atoms with van der Waals surface area (Å²) in [4.78, 5) is 2.47. The van der Waals surface area contributed by atoms with E-state index in [1.54, 1.807) is 0 Å². The highest BCUT2D eigenvalue weighted by atomic mass is 15.2. The van der Waals surface area contributed by atoms with Crippen LogP contribution >= 0.6 is 0 Å². The second-order valence-corrected chi connectivity index (χ2v) is 5.94. The Morgan fingerprint density at radius 1 is 1.25 bits per heavy atom. The van der Waals surface area contributed by atoms with Crippen LogP contribution < -0.4 is 0 Å². The van der Waals surface area contributed by atoms with Gasteiger partial charge in [0.1, 0.15) is 5.54 Å². The van der Waals surface area contributed by atoms with Crippen LogP contribution in [0.15, 0.2) is 0 Å². The zero-order valence-corrected chi connectivity index (χ0v) is 10.7. The van der Waals surface area contributed by atoms with Gasteiger partial charge in [-0.15, -0.1) is 0 Å². The lowest BCUT2D eigenvalue weighted by Crippen LogP contribution is -2.49.